The van der Waals surface area contributed by atoms with Crippen LogP contribution in [0.25, 0.3) is 11.5 Å². The van der Waals surface area contributed by atoms with Crippen molar-refractivity contribution in [3.8, 4) is 11.5 Å². The number of aromatic nitrogens is 3. The molecule has 2 rings (SSSR count). The van der Waals surface area contributed by atoms with E-state index in [0.717, 1.165) is 17.5 Å². The first-order valence-electron chi connectivity index (χ1n) is 4.74. The van der Waals surface area contributed by atoms with Crippen LogP contribution in [0.3, 0.4) is 0 Å². The van der Waals surface area contributed by atoms with Gasteiger partial charge in [0, 0.05) is 5.56 Å². The zero-order chi connectivity index (χ0) is 10.7. The van der Waals surface area contributed by atoms with Crippen LogP contribution in [0.5, 0.6) is 0 Å². The van der Waals surface area contributed by atoms with Crippen molar-refractivity contribution in [3.05, 3.63) is 29.6 Å². The molecule has 5 nitrogen and oxygen atoms in total. The van der Waals surface area contributed by atoms with Crippen LogP contribution in [-0.2, 0) is 6.42 Å². The van der Waals surface area contributed by atoms with Crippen LogP contribution in [0.1, 0.15) is 11.1 Å². The number of nitrogens with two attached hydrogens (primary N) is 1. The molecule has 0 aromatic carbocycles. The third kappa shape index (κ3) is 2.02. The third-order valence-electron chi connectivity index (χ3n) is 2.08. The quantitative estimate of drug-likeness (QED) is 0.805. The maximum Gasteiger partial charge on any atom is 0.190 e. The topological polar surface area (TPSA) is 77.8 Å². The Labute approximate surface area is 87.3 Å². The molecule has 0 aliphatic heterocycles. The third-order valence-corrected chi connectivity index (χ3v) is 2.08. The average Bonchev–Trinajstić information content (AvgIpc) is 2.66. The zero-order valence-electron chi connectivity index (χ0n) is 8.47. The van der Waals surface area contributed by atoms with E-state index in [1.165, 1.54) is 0 Å². The first-order valence-corrected chi connectivity index (χ1v) is 4.74. The Morgan fingerprint density at radius 2 is 2.27 bits per heavy atom. The van der Waals surface area contributed by atoms with E-state index in [4.69, 9.17) is 10.3 Å². The summed E-state index contributed by atoms with van der Waals surface area (Å²) in [5.41, 5.74) is 8.20. The molecule has 0 spiro atoms. The highest BCUT2D eigenvalue weighted by molar-refractivity contribution is 5.56. The first kappa shape index (κ1) is 9.79. The van der Waals surface area contributed by atoms with Crippen molar-refractivity contribution in [2.75, 3.05) is 6.54 Å². The smallest absolute Gasteiger partial charge is 0.190 e. The minimum absolute atomic E-state index is 0.563. The van der Waals surface area contributed by atoms with Crippen molar-refractivity contribution < 1.29 is 4.52 Å². The lowest BCUT2D eigenvalue weighted by atomic mass is 10.1. The minimum Gasteiger partial charge on any atom is -0.354 e. The highest BCUT2D eigenvalue weighted by atomic mass is 16.5. The second-order valence-electron chi connectivity index (χ2n) is 3.34. The Balaban J connectivity index is 2.40. The molecule has 0 bridgehead atoms. The minimum atomic E-state index is 0.563. The predicted molar refractivity (Wildman–Crippen MR) is 55.0 cm³/mol. The molecule has 2 N–H and O–H groups in total. The molecule has 2 aromatic heterocycles. The summed E-state index contributed by atoms with van der Waals surface area (Å²) in [6, 6.07) is 1.91. The van der Waals surface area contributed by atoms with Crippen molar-refractivity contribution in [1.82, 2.24) is 15.4 Å². The number of nitrogens with zero attached hydrogens (tertiary/aromatic N) is 3. The van der Waals surface area contributed by atoms with Gasteiger partial charge >= 0.3 is 0 Å². The highest BCUT2D eigenvalue weighted by Gasteiger charge is 2.11. The van der Waals surface area contributed by atoms with E-state index in [1.807, 2.05) is 13.0 Å². The zero-order valence-corrected chi connectivity index (χ0v) is 8.47. The maximum atomic E-state index is 5.49. The monoisotopic (exact) mass is 204 g/mol. The number of aryl methyl sites for hydroxylation is 1. The van der Waals surface area contributed by atoms with E-state index in [1.54, 1.807) is 12.4 Å². The standard InChI is InChI=1S/C10H12N4O/c1-7-4-9(14-12-5-7)10-8(2-3-11)6-13-15-10/h4-6H,2-3,11H2,1H3. The Hall–Kier alpha value is -1.75. The first-order chi connectivity index (χ1) is 7.31. The summed E-state index contributed by atoms with van der Waals surface area (Å²) < 4.78 is 5.15. The van der Waals surface area contributed by atoms with Crippen LogP contribution < -0.4 is 5.73 Å². The van der Waals surface area contributed by atoms with Crippen molar-refractivity contribution in [3.63, 3.8) is 0 Å². The fourth-order valence-electron chi connectivity index (χ4n) is 1.38. The molecule has 0 unspecified atom stereocenters. The summed E-state index contributed by atoms with van der Waals surface area (Å²) in [7, 11) is 0. The van der Waals surface area contributed by atoms with E-state index in [-0.39, 0.29) is 0 Å². The van der Waals surface area contributed by atoms with Crippen LogP contribution in [0, 0.1) is 6.92 Å². The highest BCUT2D eigenvalue weighted by Crippen LogP contribution is 2.21. The van der Waals surface area contributed by atoms with Gasteiger partial charge < -0.3 is 10.3 Å². The number of hydrogen-bond donors (Lipinski definition) is 1. The second-order valence-corrected chi connectivity index (χ2v) is 3.34. The van der Waals surface area contributed by atoms with Gasteiger partial charge in [-0.25, -0.2) is 0 Å². The lowest BCUT2D eigenvalue weighted by Gasteiger charge is -1.98. The fourth-order valence-corrected chi connectivity index (χ4v) is 1.38. The summed E-state index contributed by atoms with van der Waals surface area (Å²) >= 11 is 0. The molecule has 78 valence electrons. The summed E-state index contributed by atoms with van der Waals surface area (Å²) in [6.07, 6.45) is 4.10. The van der Waals surface area contributed by atoms with Gasteiger partial charge in [-0.1, -0.05) is 5.16 Å². The van der Waals surface area contributed by atoms with Gasteiger partial charge in [0.15, 0.2) is 5.76 Å². The van der Waals surface area contributed by atoms with Crippen LogP contribution in [-0.4, -0.2) is 21.9 Å². The predicted octanol–water partition coefficient (Wildman–Crippen LogP) is 0.941. The summed E-state index contributed by atoms with van der Waals surface area (Å²) in [4.78, 5) is 0. The average molecular weight is 204 g/mol. The van der Waals surface area contributed by atoms with Gasteiger partial charge in [0.2, 0.25) is 0 Å². The molecular formula is C10H12N4O. The van der Waals surface area contributed by atoms with Gasteiger partial charge in [0.1, 0.15) is 5.69 Å². The largest absolute Gasteiger partial charge is 0.354 e. The van der Waals surface area contributed by atoms with Gasteiger partial charge in [-0.3, -0.25) is 0 Å². The molecule has 0 atom stereocenters. The van der Waals surface area contributed by atoms with E-state index in [9.17, 15) is 0 Å². The molecule has 0 fully saturated rings. The van der Waals surface area contributed by atoms with E-state index in [0.29, 0.717) is 18.0 Å². The lowest BCUT2D eigenvalue weighted by Crippen LogP contribution is -2.03. The SMILES string of the molecule is Cc1cnnc(-c2oncc2CCN)c1. The van der Waals surface area contributed by atoms with Crippen molar-refractivity contribution in [1.29, 1.82) is 0 Å². The summed E-state index contributed by atoms with van der Waals surface area (Å²) in [6.45, 7) is 2.52. The second kappa shape index (κ2) is 4.18. The number of rotatable bonds is 3. The van der Waals surface area contributed by atoms with Crippen LogP contribution >= 0.6 is 0 Å². The molecule has 2 aromatic rings. The molecule has 0 aliphatic rings. The summed E-state index contributed by atoms with van der Waals surface area (Å²) in [5.74, 6) is 0.664. The van der Waals surface area contributed by atoms with Crippen LogP contribution in [0.15, 0.2) is 23.0 Å². The van der Waals surface area contributed by atoms with Gasteiger partial charge in [0.25, 0.3) is 0 Å². The van der Waals surface area contributed by atoms with E-state index in [2.05, 4.69) is 15.4 Å². The van der Waals surface area contributed by atoms with E-state index >= 15 is 0 Å². The molecular weight excluding hydrogens is 192 g/mol. The van der Waals surface area contributed by atoms with Crippen molar-refractivity contribution in [2.24, 2.45) is 5.73 Å². The molecule has 2 heterocycles. The van der Waals surface area contributed by atoms with Gasteiger partial charge in [0.05, 0.1) is 12.4 Å². The Morgan fingerprint density at radius 1 is 1.40 bits per heavy atom. The molecule has 0 amide bonds. The normalized spacial score (nSPS) is 10.5. The molecule has 15 heavy (non-hydrogen) atoms. The van der Waals surface area contributed by atoms with E-state index < -0.39 is 0 Å². The Kier molecular flexibility index (Phi) is 2.73. The summed E-state index contributed by atoms with van der Waals surface area (Å²) in [5, 5.41) is 11.6. The lowest BCUT2D eigenvalue weighted by molar-refractivity contribution is 0.430. The van der Waals surface area contributed by atoms with Crippen molar-refractivity contribution >= 4 is 0 Å². The molecule has 0 saturated carbocycles. The molecule has 5 heteroatoms. The van der Waals surface area contributed by atoms with Gasteiger partial charge in [-0.2, -0.15) is 5.10 Å². The van der Waals surface area contributed by atoms with Gasteiger partial charge in [-0.15, -0.1) is 5.10 Å². The Bertz CT molecular complexity index is 452. The Morgan fingerprint density at radius 3 is 3.00 bits per heavy atom. The molecule has 0 saturated heterocycles. The fraction of sp³-hybridized carbons (Fsp3) is 0.300. The molecule has 0 radical (unpaired) electrons. The van der Waals surface area contributed by atoms with Gasteiger partial charge in [-0.05, 0) is 31.5 Å². The van der Waals surface area contributed by atoms with Crippen molar-refractivity contribution in [2.45, 2.75) is 13.3 Å². The number of hydrogen-bond acceptors (Lipinski definition) is 5. The maximum absolute atomic E-state index is 5.49. The molecule has 0 aliphatic carbocycles. The van der Waals surface area contributed by atoms with Crippen LogP contribution in [0.2, 0.25) is 0 Å². The van der Waals surface area contributed by atoms with Crippen LogP contribution in [0.4, 0.5) is 0 Å².